The molecule has 0 amide bonds. The van der Waals surface area contributed by atoms with Gasteiger partial charge in [-0.15, -0.1) is 0 Å². The number of aryl methyl sites for hydroxylation is 1. The number of carbonyl (C=O) groups is 1. The summed E-state index contributed by atoms with van der Waals surface area (Å²) in [7, 11) is 1.42. The van der Waals surface area contributed by atoms with Gasteiger partial charge in [0.25, 0.3) is 0 Å². The molecule has 4 rings (SSSR count). The fraction of sp³-hybridized carbons (Fsp3) is 0.321. The quantitative estimate of drug-likeness (QED) is 0.383. The van der Waals surface area contributed by atoms with Gasteiger partial charge in [0.2, 0.25) is 0 Å². The lowest BCUT2D eigenvalue weighted by molar-refractivity contribution is -0.140. The summed E-state index contributed by atoms with van der Waals surface area (Å²) < 4.78 is 16.9. The maximum Gasteiger partial charge on any atom is 0.306 e. The van der Waals surface area contributed by atoms with Crippen LogP contribution in [0.15, 0.2) is 66.7 Å². The highest BCUT2D eigenvalue weighted by Gasteiger charge is 2.25. The van der Waals surface area contributed by atoms with Gasteiger partial charge in [0.15, 0.2) is 0 Å². The first kappa shape index (κ1) is 21.9. The van der Waals surface area contributed by atoms with E-state index < -0.39 is 0 Å². The molecule has 0 radical (unpaired) electrons. The third kappa shape index (κ3) is 4.80. The Morgan fingerprint density at radius 2 is 1.84 bits per heavy atom. The van der Waals surface area contributed by atoms with Crippen molar-refractivity contribution >= 4 is 5.97 Å². The molecule has 0 N–H and O–H groups in total. The molecule has 166 valence electrons. The van der Waals surface area contributed by atoms with Crippen LogP contribution in [0.2, 0.25) is 0 Å². The van der Waals surface area contributed by atoms with Crippen molar-refractivity contribution < 1.29 is 19.0 Å². The molecular weight excluding hydrogens is 400 g/mol. The minimum absolute atomic E-state index is 0.0551. The molecule has 0 saturated heterocycles. The van der Waals surface area contributed by atoms with Crippen molar-refractivity contribution in [3.63, 3.8) is 0 Å². The largest absolute Gasteiger partial charge is 0.493 e. The molecule has 0 aliphatic heterocycles. The summed E-state index contributed by atoms with van der Waals surface area (Å²) in [6.07, 6.45) is 2.40. The lowest BCUT2D eigenvalue weighted by Gasteiger charge is -2.17. The number of hydrogen-bond acceptors (Lipinski definition) is 4. The maximum atomic E-state index is 11.5. The van der Waals surface area contributed by atoms with Crippen LogP contribution in [0.1, 0.15) is 55.4 Å². The molecule has 1 aliphatic rings. The molecule has 32 heavy (non-hydrogen) atoms. The average Bonchev–Trinajstić information content (AvgIpc) is 3.22. The second-order valence-corrected chi connectivity index (χ2v) is 8.24. The third-order valence-corrected chi connectivity index (χ3v) is 6.09. The van der Waals surface area contributed by atoms with Gasteiger partial charge in [-0.25, -0.2) is 0 Å². The first-order chi connectivity index (χ1) is 15.6. The van der Waals surface area contributed by atoms with Gasteiger partial charge in [-0.3, -0.25) is 4.79 Å². The number of para-hydroxylation sites is 1. The normalized spacial score (nSPS) is 15.7. The van der Waals surface area contributed by atoms with Gasteiger partial charge in [0.1, 0.15) is 17.6 Å². The van der Waals surface area contributed by atoms with Crippen molar-refractivity contribution in [3.05, 3.63) is 83.4 Å². The number of fused-ring (bicyclic) bond motifs is 1. The van der Waals surface area contributed by atoms with Crippen LogP contribution >= 0.6 is 0 Å². The van der Waals surface area contributed by atoms with E-state index in [1.165, 1.54) is 23.8 Å². The van der Waals surface area contributed by atoms with Gasteiger partial charge in [-0.05, 0) is 66.1 Å². The molecule has 3 aromatic rings. The van der Waals surface area contributed by atoms with Crippen LogP contribution in [0.3, 0.4) is 0 Å². The van der Waals surface area contributed by atoms with Crippen LogP contribution < -0.4 is 9.47 Å². The Hall–Kier alpha value is -3.27. The lowest BCUT2D eigenvalue weighted by Crippen LogP contribution is -2.06. The van der Waals surface area contributed by atoms with Gasteiger partial charge in [-0.2, -0.15) is 0 Å². The van der Waals surface area contributed by atoms with Gasteiger partial charge >= 0.3 is 5.97 Å². The fourth-order valence-corrected chi connectivity index (χ4v) is 4.35. The first-order valence-corrected chi connectivity index (χ1v) is 11.3. The van der Waals surface area contributed by atoms with E-state index in [1.54, 1.807) is 0 Å². The van der Waals surface area contributed by atoms with Gasteiger partial charge < -0.3 is 14.2 Å². The number of hydrogen-bond donors (Lipinski definition) is 0. The summed E-state index contributed by atoms with van der Waals surface area (Å²) in [5.41, 5.74) is 6.00. The molecule has 3 aromatic carbocycles. The summed E-state index contributed by atoms with van der Waals surface area (Å²) in [6, 6.07) is 22.9. The van der Waals surface area contributed by atoms with Crippen LogP contribution in [0.4, 0.5) is 0 Å². The predicted molar refractivity (Wildman–Crippen MR) is 126 cm³/mol. The van der Waals surface area contributed by atoms with E-state index in [2.05, 4.69) is 24.3 Å². The predicted octanol–water partition coefficient (Wildman–Crippen LogP) is 6.49. The van der Waals surface area contributed by atoms with Crippen LogP contribution in [-0.2, 0) is 16.0 Å². The molecule has 0 fully saturated rings. The molecule has 2 atom stereocenters. The zero-order chi connectivity index (χ0) is 22.5. The maximum absolute atomic E-state index is 11.5. The van der Waals surface area contributed by atoms with E-state index in [-0.39, 0.29) is 18.0 Å². The summed E-state index contributed by atoms with van der Waals surface area (Å²) in [5.74, 6) is 1.69. The van der Waals surface area contributed by atoms with Gasteiger partial charge in [0.05, 0.1) is 20.1 Å². The Labute approximate surface area is 190 Å². The van der Waals surface area contributed by atoms with E-state index in [0.717, 1.165) is 35.5 Å². The molecule has 0 aromatic heterocycles. The minimum atomic E-state index is -0.191. The number of carbonyl (C=O) groups excluding carboxylic acids is 1. The van der Waals surface area contributed by atoms with Crippen molar-refractivity contribution in [1.82, 2.24) is 0 Å². The highest BCUT2D eigenvalue weighted by atomic mass is 16.5. The molecular formula is C28H30O4. The number of esters is 1. The Bertz CT molecular complexity index is 1070. The van der Waals surface area contributed by atoms with Crippen LogP contribution in [0, 0.1) is 0 Å². The zero-order valence-corrected chi connectivity index (χ0v) is 19.0. The molecule has 0 heterocycles. The monoisotopic (exact) mass is 430 g/mol. The van der Waals surface area contributed by atoms with Crippen molar-refractivity contribution in [2.45, 2.75) is 45.1 Å². The van der Waals surface area contributed by atoms with Crippen LogP contribution in [0.5, 0.6) is 11.5 Å². The SMILES string of the molecule is CCOc1ccccc1-c1ccc2c(c1)CCC2Oc1ccc([C@H](C)CC(=O)OC)cc1. The van der Waals surface area contributed by atoms with Crippen LogP contribution in [-0.4, -0.2) is 19.7 Å². The van der Waals surface area contributed by atoms with E-state index >= 15 is 0 Å². The fourth-order valence-electron chi connectivity index (χ4n) is 4.35. The van der Waals surface area contributed by atoms with Crippen LogP contribution in [0.25, 0.3) is 11.1 Å². The Kier molecular flexibility index (Phi) is 6.79. The average molecular weight is 431 g/mol. The molecule has 1 aliphatic carbocycles. The van der Waals surface area contributed by atoms with Crippen molar-refractivity contribution in [2.24, 2.45) is 0 Å². The summed E-state index contributed by atoms with van der Waals surface area (Å²) in [4.78, 5) is 11.5. The minimum Gasteiger partial charge on any atom is -0.493 e. The highest BCUT2D eigenvalue weighted by molar-refractivity contribution is 5.72. The zero-order valence-electron chi connectivity index (χ0n) is 19.0. The Morgan fingerprint density at radius 1 is 1.06 bits per heavy atom. The molecule has 0 bridgehead atoms. The number of benzene rings is 3. The second-order valence-electron chi connectivity index (χ2n) is 8.24. The van der Waals surface area contributed by atoms with E-state index in [4.69, 9.17) is 14.2 Å². The number of ether oxygens (including phenoxy) is 3. The Morgan fingerprint density at radius 3 is 2.59 bits per heavy atom. The van der Waals surface area contributed by atoms with Crippen molar-refractivity contribution in [3.8, 4) is 22.6 Å². The lowest BCUT2D eigenvalue weighted by atomic mass is 9.98. The smallest absolute Gasteiger partial charge is 0.306 e. The van der Waals surface area contributed by atoms with Crippen molar-refractivity contribution in [1.29, 1.82) is 0 Å². The second kappa shape index (κ2) is 9.90. The summed E-state index contributed by atoms with van der Waals surface area (Å²) in [5, 5.41) is 0. The van der Waals surface area contributed by atoms with E-state index in [1.807, 2.05) is 56.3 Å². The molecule has 4 heteroatoms. The summed E-state index contributed by atoms with van der Waals surface area (Å²) >= 11 is 0. The molecule has 4 nitrogen and oxygen atoms in total. The topological polar surface area (TPSA) is 44.8 Å². The van der Waals surface area contributed by atoms with Gasteiger partial charge in [-0.1, -0.05) is 55.5 Å². The van der Waals surface area contributed by atoms with E-state index in [0.29, 0.717) is 13.0 Å². The third-order valence-electron chi connectivity index (χ3n) is 6.09. The number of rotatable bonds is 8. The number of methoxy groups -OCH3 is 1. The molecule has 0 spiro atoms. The standard InChI is InChI=1S/C28H30O4/c1-4-31-26-8-6-5-7-24(26)21-11-15-25-22(18-21)12-16-27(25)32-23-13-9-20(10-14-23)19(2)17-28(29)30-3/h5-11,13-15,18-19,27H,4,12,16-17H2,1-3H3/t19-,27?/m1/s1. The van der Waals surface area contributed by atoms with E-state index in [9.17, 15) is 4.79 Å². The van der Waals surface area contributed by atoms with Crippen molar-refractivity contribution in [2.75, 3.05) is 13.7 Å². The van der Waals surface area contributed by atoms with Gasteiger partial charge in [0, 0.05) is 5.56 Å². The highest BCUT2D eigenvalue weighted by Crippen LogP contribution is 2.39. The first-order valence-electron chi connectivity index (χ1n) is 11.3. The molecule has 0 saturated carbocycles. The Balaban J connectivity index is 1.47. The molecule has 1 unspecified atom stereocenters. The summed E-state index contributed by atoms with van der Waals surface area (Å²) in [6.45, 7) is 4.69.